The summed E-state index contributed by atoms with van der Waals surface area (Å²) in [6, 6.07) is 0.342. The molecule has 0 bridgehead atoms. The number of rotatable bonds is 5. The lowest BCUT2D eigenvalue weighted by molar-refractivity contribution is 0.0999. The molecule has 2 amide bonds. The van der Waals surface area contributed by atoms with Gasteiger partial charge in [-0.25, -0.2) is 4.79 Å². The van der Waals surface area contributed by atoms with Gasteiger partial charge in [-0.2, -0.15) is 11.8 Å². The maximum atomic E-state index is 12.3. The van der Waals surface area contributed by atoms with Crippen LogP contribution in [0, 0.1) is 5.92 Å². The highest BCUT2D eigenvalue weighted by atomic mass is 32.2. The van der Waals surface area contributed by atoms with Gasteiger partial charge in [0.05, 0.1) is 6.10 Å². The Labute approximate surface area is 133 Å². The van der Waals surface area contributed by atoms with Crippen LogP contribution in [0.4, 0.5) is 4.79 Å². The summed E-state index contributed by atoms with van der Waals surface area (Å²) in [4.78, 5) is 14.3. The van der Waals surface area contributed by atoms with E-state index in [1.165, 1.54) is 12.8 Å². The first-order valence-corrected chi connectivity index (χ1v) is 9.39. The summed E-state index contributed by atoms with van der Waals surface area (Å²) in [6.45, 7) is 9.25. The molecule has 1 N–H and O–H groups in total. The van der Waals surface area contributed by atoms with Crippen molar-refractivity contribution in [2.45, 2.75) is 63.9 Å². The second-order valence-corrected chi connectivity index (χ2v) is 8.01. The number of urea groups is 1. The van der Waals surface area contributed by atoms with Crippen LogP contribution in [0.1, 0.15) is 46.5 Å². The van der Waals surface area contributed by atoms with Gasteiger partial charge in [-0.15, -0.1) is 0 Å². The minimum absolute atomic E-state index is 0.112. The van der Waals surface area contributed by atoms with Crippen molar-refractivity contribution >= 4 is 17.8 Å². The topological polar surface area (TPSA) is 41.6 Å². The molecule has 2 heterocycles. The third-order valence-corrected chi connectivity index (χ3v) is 5.98. The number of nitrogens with zero attached hydrogens (tertiary/aromatic N) is 1. The Balaban J connectivity index is 1.69. The van der Waals surface area contributed by atoms with E-state index in [4.69, 9.17) is 4.74 Å². The summed E-state index contributed by atoms with van der Waals surface area (Å²) >= 11 is 2.00. The van der Waals surface area contributed by atoms with Crippen molar-refractivity contribution in [3.63, 3.8) is 0 Å². The van der Waals surface area contributed by atoms with Gasteiger partial charge in [-0.05, 0) is 38.5 Å². The Kier molecular flexibility index (Phi) is 6.68. The minimum Gasteiger partial charge on any atom is -0.378 e. The maximum Gasteiger partial charge on any atom is 0.317 e. The second-order valence-electron chi connectivity index (χ2n) is 6.66. The smallest absolute Gasteiger partial charge is 0.317 e. The molecule has 0 unspecified atom stereocenters. The monoisotopic (exact) mass is 314 g/mol. The third kappa shape index (κ3) is 5.37. The van der Waals surface area contributed by atoms with Crippen LogP contribution in [0.25, 0.3) is 0 Å². The van der Waals surface area contributed by atoms with Crippen molar-refractivity contribution in [3.8, 4) is 0 Å². The Morgan fingerprint density at radius 2 is 2.24 bits per heavy atom. The number of ether oxygens (including phenoxy) is 1. The van der Waals surface area contributed by atoms with Gasteiger partial charge in [0.15, 0.2) is 0 Å². The van der Waals surface area contributed by atoms with Crippen LogP contribution in [0.3, 0.4) is 0 Å². The maximum absolute atomic E-state index is 12.3. The van der Waals surface area contributed by atoms with Crippen LogP contribution in [0.15, 0.2) is 0 Å². The summed E-state index contributed by atoms with van der Waals surface area (Å²) in [5.74, 6) is 1.68. The van der Waals surface area contributed by atoms with Crippen LogP contribution >= 0.6 is 11.8 Å². The van der Waals surface area contributed by atoms with E-state index in [0.29, 0.717) is 17.3 Å². The molecule has 0 radical (unpaired) electrons. The highest BCUT2D eigenvalue weighted by Crippen LogP contribution is 2.25. The number of carbonyl (C=O) groups excluding carboxylic acids is 1. The highest BCUT2D eigenvalue weighted by molar-refractivity contribution is 8.00. The molecule has 4 nitrogen and oxygen atoms in total. The van der Waals surface area contributed by atoms with Crippen LogP contribution in [0.2, 0.25) is 0 Å². The molecular weight excluding hydrogens is 284 g/mol. The zero-order valence-corrected chi connectivity index (χ0v) is 14.5. The molecule has 2 aliphatic rings. The fourth-order valence-corrected chi connectivity index (χ4v) is 4.24. The normalized spacial score (nSPS) is 27.9. The van der Waals surface area contributed by atoms with Crippen LogP contribution in [-0.4, -0.2) is 53.8 Å². The predicted octanol–water partition coefficient (Wildman–Crippen LogP) is 3.12. The number of thioether (sulfide) groups is 1. The molecule has 21 heavy (non-hydrogen) atoms. The SMILES string of the molecule is CC(C)[C@H]1CN(C(=O)N[C@H](C)CC[C@H]2CCCO2)CCS1. The Bertz CT molecular complexity index is 332. The fourth-order valence-electron chi connectivity index (χ4n) is 2.95. The van der Waals surface area contributed by atoms with Crippen LogP contribution in [0.5, 0.6) is 0 Å². The zero-order valence-electron chi connectivity index (χ0n) is 13.6. The molecule has 0 aromatic heterocycles. The van der Waals surface area contributed by atoms with Gasteiger partial charge in [-0.3, -0.25) is 0 Å². The van der Waals surface area contributed by atoms with Crippen LogP contribution in [-0.2, 0) is 4.74 Å². The van der Waals surface area contributed by atoms with Gasteiger partial charge in [-0.1, -0.05) is 13.8 Å². The van der Waals surface area contributed by atoms with Crippen molar-refractivity contribution < 1.29 is 9.53 Å². The standard InChI is InChI=1S/C16H30N2O2S/c1-12(2)15-11-18(8-10-21-15)16(19)17-13(3)6-7-14-5-4-9-20-14/h12-15H,4-11H2,1-3H3,(H,17,19)/t13-,14-,15-/m1/s1. The van der Waals surface area contributed by atoms with Crippen molar-refractivity contribution in [1.82, 2.24) is 10.2 Å². The van der Waals surface area contributed by atoms with Gasteiger partial charge >= 0.3 is 6.03 Å². The summed E-state index contributed by atoms with van der Waals surface area (Å²) in [5.41, 5.74) is 0. The van der Waals surface area contributed by atoms with Gasteiger partial charge < -0.3 is 15.0 Å². The molecule has 0 spiro atoms. The number of amides is 2. The summed E-state index contributed by atoms with van der Waals surface area (Å²) in [7, 11) is 0. The molecule has 2 fully saturated rings. The number of hydrogen-bond acceptors (Lipinski definition) is 3. The third-order valence-electron chi connectivity index (χ3n) is 4.44. The van der Waals surface area contributed by atoms with E-state index in [9.17, 15) is 4.79 Å². The molecule has 3 atom stereocenters. The Morgan fingerprint density at radius 1 is 1.43 bits per heavy atom. The molecule has 5 heteroatoms. The molecule has 122 valence electrons. The summed E-state index contributed by atoms with van der Waals surface area (Å²) in [6.07, 6.45) is 4.85. The average Bonchev–Trinajstić information content (AvgIpc) is 2.98. The molecule has 0 aromatic rings. The first-order valence-electron chi connectivity index (χ1n) is 8.35. The molecule has 0 aliphatic carbocycles. The largest absolute Gasteiger partial charge is 0.378 e. The number of carbonyl (C=O) groups is 1. The van der Waals surface area contributed by atoms with E-state index in [1.807, 2.05) is 16.7 Å². The summed E-state index contributed by atoms with van der Waals surface area (Å²) < 4.78 is 5.64. The lowest BCUT2D eigenvalue weighted by Crippen LogP contribution is -2.50. The van der Waals surface area contributed by atoms with Gasteiger partial charge in [0.25, 0.3) is 0 Å². The first-order chi connectivity index (χ1) is 10.1. The zero-order chi connectivity index (χ0) is 15.2. The van der Waals surface area contributed by atoms with Crippen molar-refractivity contribution in [2.75, 3.05) is 25.4 Å². The van der Waals surface area contributed by atoms with Gasteiger partial charge in [0, 0.05) is 36.7 Å². The van der Waals surface area contributed by atoms with E-state index < -0.39 is 0 Å². The quantitative estimate of drug-likeness (QED) is 0.848. The highest BCUT2D eigenvalue weighted by Gasteiger charge is 2.26. The molecule has 0 saturated carbocycles. The molecule has 0 aromatic carbocycles. The first kappa shape index (κ1) is 16.9. The van der Waals surface area contributed by atoms with Crippen molar-refractivity contribution in [3.05, 3.63) is 0 Å². The second kappa shape index (κ2) is 8.28. The molecular formula is C16H30N2O2S. The number of hydrogen-bond donors (Lipinski definition) is 1. The van der Waals surface area contributed by atoms with Gasteiger partial charge in [0.1, 0.15) is 0 Å². The fraction of sp³-hybridized carbons (Fsp3) is 0.938. The van der Waals surface area contributed by atoms with Crippen LogP contribution < -0.4 is 5.32 Å². The van der Waals surface area contributed by atoms with Gasteiger partial charge in [0.2, 0.25) is 0 Å². The molecule has 2 saturated heterocycles. The van der Waals surface area contributed by atoms with E-state index in [0.717, 1.165) is 38.3 Å². The van der Waals surface area contributed by atoms with E-state index in [-0.39, 0.29) is 12.1 Å². The minimum atomic E-state index is 0.112. The lowest BCUT2D eigenvalue weighted by Gasteiger charge is -2.35. The molecule has 2 aliphatic heterocycles. The van der Waals surface area contributed by atoms with Crippen molar-refractivity contribution in [1.29, 1.82) is 0 Å². The molecule has 2 rings (SSSR count). The van der Waals surface area contributed by atoms with Crippen molar-refractivity contribution in [2.24, 2.45) is 5.92 Å². The van der Waals surface area contributed by atoms with E-state index in [2.05, 4.69) is 26.1 Å². The Morgan fingerprint density at radius 3 is 2.90 bits per heavy atom. The average molecular weight is 314 g/mol. The number of nitrogens with one attached hydrogen (secondary N) is 1. The Hall–Kier alpha value is -0.420. The summed E-state index contributed by atoms with van der Waals surface area (Å²) in [5, 5.41) is 3.73. The van der Waals surface area contributed by atoms with E-state index >= 15 is 0 Å². The lowest BCUT2D eigenvalue weighted by atomic mass is 10.1. The predicted molar refractivity (Wildman–Crippen MR) is 88.9 cm³/mol. The van der Waals surface area contributed by atoms with E-state index in [1.54, 1.807) is 0 Å².